The van der Waals surface area contributed by atoms with Gasteiger partial charge in [-0.1, -0.05) is 18.6 Å². The van der Waals surface area contributed by atoms with Crippen molar-refractivity contribution in [1.82, 2.24) is 20.0 Å². The van der Waals surface area contributed by atoms with Crippen LogP contribution in [-0.2, 0) is 24.8 Å². The summed E-state index contributed by atoms with van der Waals surface area (Å²) in [5.74, 6) is -1.35. The second-order valence-corrected chi connectivity index (χ2v) is 20.0. The molecule has 15 heteroatoms. The molecule has 5 aliphatic rings. The SMILES string of the molecule is COC(=O)N[C@H]1CCC[C@@H]1[C@](CN1CCC1)(c1cccc(F)c1)C1CCN(CC2(F)CN(c3ccc(S(=O)(=O)C4CCCN(C(=O)C(C)(C)O)C4)cc3F)C2)CC1. The molecule has 2 N–H and O–H groups in total. The summed E-state index contributed by atoms with van der Waals surface area (Å²) in [7, 11) is -2.62. The monoisotopic (exact) mass is 817 g/mol. The van der Waals surface area contributed by atoms with Crippen molar-refractivity contribution in [3.05, 3.63) is 59.7 Å². The van der Waals surface area contributed by atoms with Crippen molar-refractivity contribution in [3.63, 3.8) is 0 Å². The van der Waals surface area contributed by atoms with Crippen molar-refractivity contribution in [2.45, 2.75) is 98.1 Å². The lowest BCUT2D eigenvalue weighted by atomic mass is 9.57. The summed E-state index contributed by atoms with van der Waals surface area (Å²) in [5.41, 5.74) is -2.55. The predicted octanol–water partition coefficient (Wildman–Crippen LogP) is 4.91. The Bertz CT molecular complexity index is 1900. The minimum Gasteiger partial charge on any atom is -0.453 e. The number of carbonyl (C=O) groups excluding carboxylic acids is 2. The zero-order chi connectivity index (χ0) is 40.8. The number of hydrogen-bond donors (Lipinski definition) is 2. The van der Waals surface area contributed by atoms with Crippen LogP contribution in [0, 0.1) is 23.5 Å². The molecule has 0 bridgehead atoms. The number of alkyl halides is 1. The van der Waals surface area contributed by atoms with Crippen molar-refractivity contribution < 1.29 is 41.0 Å². The third kappa shape index (κ3) is 8.54. The maximum absolute atomic E-state index is 16.3. The number of methoxy groups -OCH3 is 1. The van der Waals surface area contributed by atoms with Crippen LogP contribution in [0.4, 0.5) is 23.7 Å². The van der Waals surface area contributed by atoms with Gasteiger partial charge in [-0.25, -0.2) is 26.4 Å². The summed E-state index contributed by atoms with van der Waals surface area (Å²) in [6.07, 6.45) is 5.63. The molecule has 2 aromatic carbocycles. The number of carbonyl (C=O) groups is 2. The van der Waals surface area contributed by atoms with E-state index < -0.39 is 49.6 Å². The first kappa shape index (κ1) is 41.7. The molecule has 4 aliphatic heterocycles. The molecule has 0 aromatic heterocycles. The van der Waals surface area contributed by atoms with Gasteiger partial charge >= 0.3 is 6.09 Å². The Hall–Kier alpha value is -3.40. The van der Waals surface area contributed by atoms with E-state index in [9.17, 15) is 23.1 Å². The third-order valence-electron chi connectivity index (χ3n) is 13.4. The topological polar surface area (TPSA) is 123 Å². The van der Waals surface area contributed by atoms with Crippen LogP contribution in [0.25, 0.3) is 0 Å². The fourth-order valence-electron chi connectivity index (χ4n) is 10.5. The second kappa shape index (κ2) is 16.3. The van der Waals surface area contributed by atoms with Crippen molar-refractivity contribution in [2.24, 2.45) is 11.8 Å². The van der Waals surface area contributed by atoms with Crippen molar-refractivity contribution >= 4 is 27.5 Å². The summed E-state index contributed by atoms with van der Waals surface area (Å²) >= 11 is 0. The third-order valence-corrected chi connectivity index (χ3v) is 15.6. The van der Waals surface area contributed by atoms with E-state index in [0.717, 1.165) is 69.8 Å². The van der Waals surface area contributed by atoms with Gasteiger partial charge in [-0.2, -0.15) is 0 Å². The smallest absolute Gasteiger partial charge is 0.407 e. The molecule has 5 fully saturated rings. The zero-order valence-corrected chi connectivity index (χ0v) is 34.2. The van der Waals surface area contributed by atoms with E-state index in [1.54, 1.807) is 17.0 Å². The molecule has 2 amide bonds. The fourth-order valence-corrected chi connectivity index (χ4v) is 12.3. The quantitative estimate of drug-likeness (QED) is 0.308. The molecule has 11 nitrogen and oxygen atoms in total. The van der Waals surface area contributed by atoms with Crippen LogP contribution in [0.15, 0.2) is 47.4 Å². The van der Waals surface area contributed by atoms with E-state index in [4.69, 9.17) is 4.74 Å². The molecule has 0 spiro atoms. The summed E-state index contributed by atoms with van der Waals surface area (Å²) in [4.78, 5) is 32.5. The van der Waals surface area contributed by atoms with E-state index in [-0.39, 0.29) is 60.5 Å². The summed E-state index contributed by atoms with van der Waals surface area (Å²) in [5, 5.41) is 12.3. The Labute approximate surface area is 334 Å². The van der Waals surface area contributed by atoms with Gasteiger partial charge in [-0.3, -0.25) is 9.69 Å². The lowest BCUT2D eigenvalue weighted by Crippen LogP contribution is -2.65. The largest absolute Gasteiger partial charge is 0.453 e. The number of nitrogens with one attached hydrogen (secondary N) is 1. The average molecular weight is 818 g/mol. The van der Waals surface area contributed by atoms with Gasteiger partial charge in [0.25, 0.3) is 5.91 Å². The maximum atomic E-state index is 16.3. The Morgan fingerprint density at radius 3 is 2.30 bits per heavy atom. The number of ether oxygens (including phenoxy) is 1. The summed E-state index contributed by atoms with van der Waals surface area (Å²) in [6.45, 7) is 7.12. The van der Waals surface area contributed by atoms with E-state index in [1.807, 2.05) is 6.07 Å². The van der Waals surface area contributed by atoms with Crippen LogP contribution in [0.1, 0.15) is 70.8 Å². The number of benzene rings is 2. The van der Waals surface area contributed by atoms with Gasteiger partial charge in [0.1, 0.15) is 17.2 Å². The molecule has 314 valence electrons. The highest BCUT2D eigenvalue weighted by Gasteiger charge is 2.54. The lowest BCUT2D eigenvalue weighted by Gasteiger charge is -2.54. The first-order valence-corrected chi connectivity index (χ1v) is 22.1. The number of amides is 2. The number of aliphatic hydroxyl groups is 1. The van der Waals surface area contributed by atoms with Crippen LogP contribution >= 0.6 is 0 Å². The highest BCUT2D eigenvalue weighted by atomic mass is 32.2. The van der Waals surface area contributed by atoms with Crippen molar-refractivity contribution in [3.8, 4) is 0 Å². The van der Waals surface area contributed by atoms with Crippen LogP contribution in [0.3, 0.4) is 0 Å². The number of likely N-dealkylation sites (tertiary alicyclic amines) is 3. The van der Waals surface area contributed by atoms with Crippen LogP contribution < -0.4 is 10.2 Å². The Morgan fingerprint density at radius 2 is 1.67 bits per heavy atom. The van der Waals surface area contributed by atoms with E-state index in [0.29, 0.717) is 32.5 Å². The Morgan fingerprint density at radius 1 is 0.930 bits per heavy atom. The van der Waals surface area contributed by atoms with E-state index >= 15 is 13.2 Å². The molecular weight excluding hydrogens is 760 g/mol. The normalized spacial score (nSPS) is 26.0. The van der Waals surface area contributed by atoms with Crippen LogP contribution in [0.5, 0.6) is 0 Å². The number of sulfone groups is 1. The molecule has 1 aliphatic carbocycles. The zero-order valence-electron chi connectivity index (χ0n) is 33.4. The van der Waals surface area contributed by atoms with Gasteiger partial charge in [0.15, 0.2) is 15.5 Å². The minimum absolute atomic E-state index is 0.0300. The summed E-state index contributed by atoms with van der Waals surface area (Å²) in [6, 6.07) is 10.6. The first-order chi connectivity index (χ1) is 27.0. The summed E-state index contributed by atoms with van der Waals surface area (Å²) < 4.78 is 79.0. The number of hydrogen-bond acceptors (Lipinski definition) is 9. The first-order valence-electron chi connectivity index (χ1n) is 20.6. The molecule has 57 heavy (non-hydrogen) atoms. The van der Waals surface area contributed by atoms with Gasteiger partial charge in [0.2, 0.25) is 0 Å². The fraction of sp³-hybridized carbons (Fsp3) is 0.667. The van der Waals surface area contributed by atoms with Gasteiger partial charge < -0.3 is 29.9 Å². The van der Waals surface area contributed by atoms with Crippen LogP contribution in [-0.4, -0.2) is 135 Å². The molecule has 4 heterocycles. The number of halogens is 3. The number of anilines is 1. The van der Waals surface area contributed by atoms with Gasteiger partial charge in [0.05, 0.1) is 36.0 Å². The van der Waals surface area contributed by atoms with E-state index in [1.165, 1.54) is 44.1 Å². The number of piperidine rings is 2. The molecule has 2 aromatic rings. The predicted molar refractivity (Wildman–Crippen MR) is 211 cm³/mol. The molecule has 4 saturated heterocycles. The highest BCUT2D eigenvalue weighted by molar-refractivity contribution is 7.92. The number of nitrogens with zero attached hydrogens (tertiary/aromatic N) is 4. The molecule has 4 atom stereocenters. The molecule has 1 saturated carbocycles. The number of alkyl carbamates (subject to hydrolysis) is 1. The molecule has 1 unspecified atom stereocenters. The number of rotatable bonds is 12. The average Bonchev–Trinajstić information content (AvgIpc) is 3.61. The lowest BCUT2D eigenvalue weighted by molar-refractivity contribution is -0.148. The van der Waals surface area contributed by atoms with Gasteiger partial charge in [-0.15, -0.1) is 0 Å². The van der Waals surface area contributed by atoms with Gasteiger partial charge in [0, 0.05) is 37.6 Å². The molecular formula is C42H58F3N5O6S. The maximum Gasteiger partial charge on any atom is 0.407 e. The van der Waals surface area contributed by atoms with Crippen LogP contribution in [0.2, 0.25) is 0 Å². The minimum atomic E-state index is -3.99. The Kier molecular flexibility index (Phi) is 12.0. The second-order valence-electron chi connectivity index (χ2n) is 17.8. The molecule has 0 radical (unpaired) electrons. The van der Waals surface area contributed by atoms with Crippen molar-refractivity contribution in [1.29, 1.82) is 0 Å². The molecule has 7 rings (SSSR count). The Balaban J connectivity index is 1.01. The highest BCUT2D eigenvalue weighted by Crippen LogP contribution is 2.52. The standard InChI is InChI=1S/C42H58F3N5O6S/c1-40(2,53)38(51)49-19-6-10-33(24-49)57(54,55)32-13-14-37(35(44)23-32)50-26-41(45,27-50)25-48-20-15-29(16-21-48)42(28-47-17-7-18-47,30-8-4-9-31(43)22-30)34-11-5-12-36(34)46-39(52)56-3/h4,8-9,13-14,22-23,29,33-34,36,53H,5-7,10-12,15-21,24-28H2,1-3H3,(H,46,52)/t33?,34-,36-,42-/m0/s1. The van der Waals surface area contributed by atoms with E-state index in [2.05, 4.69) is 15.1 Å². The van der Waals surface area contributed by atoms with Crippen molar-refractivity contribution in [2.75, 3.05) is 77.5 Å². The van der Waals surface area contributed by atoms with Gasteiger partial charge in [-0.05, 0) is 133 Å².